The van der Waals surface area contributed by atoms with Gasteiger partial charge >= 0.3 is 0 Å². The van der Waals surface area contributed by atoms with Gasteiger partial charge in [0.1, 0.15) is 10.5 Å². The van der Waals surface area contributed by atoms with Crippen LogP contribution in [0, 0.1) is 5.92 Å². The maximum absolute atomic E-state index is 12.6. The number of nitrogens with zero attached hydrogens (tertiary/aromatic N) is 3. The van der Waals surface area contributed by atoms with Crippen molar-refractivity contribution >= 4 is 21.6 Å². The molecule has 7 nitrogen and oxygen atoms in total. The Labute approximate surface area is 147 Å². The number of aliphatic hydroxyl groups is 1. The van der Waals surface area contributed by atoms with E-state index < -0.39 is 0 Å². The molecule has 6 rings (SSSR count). The third-order valence-corrected chi connectivity index (χ3v) is 6.66. The molecule has 3 aromatic heterocycles. The summed E-state index contributed by atoms with van der Waals surface area (Å²) in [5.41, 5.74) is 2.13. The van der Waals surface area contributed by atoms with Gasteiger partial charge in [0, 0.05) is 10.4 Å². The standard InChI is InChI=1S/C17H19N5O2S/c23-8-12-10(7-18-21-12)14-6-11-15(25-14)17(24)20-16(19-11)13-5-9-1-3-22(13)4-2-9/h6-7,9,13,23H,1-5,8H2,(H,18,21)(H,19,20,24)/t13-/m0/s1. The summed E-state index contributed by atoms with van der Waals surface area (Å²) in [6, 6.07) is 2.16. The van der Waals surface area contributed by atoms with Crippen LogP contribution >= 0.6 is 11.3 Å². The molecule has 25 heavy (non-hydrogen) atoms. The smallest absolute Gasteiger partial charge is 0.268 e. The van der Waals surface area contributed by atoms with E-state index in [1.807, 2.05) is 6.07 Å². The lowest BCUT2D eigenvalue weighted by molar-refractivity contribution is 0.0445. The highest BCUT2D eigenvalue weighted by atomic mass is 32.1. The molecule has 8 heteroatoms. The summed E-state index contributed by atoms with van der Waals surface area (Å²) in [5.74, 6) is 1.55. The van der Waals surface area contributed by atoms with Crippen molar-refractivity contribution in [1.82, 2.24) is 25.1 Å². The zero-order chi connectivity index (χ0) is 17.0. The minimum absolute atomic E-state index is 0.0760. The average Bonchev–Trinajstić information content (AvgIpc) is 3.29. The van der Waals surface area contributed by atoms with Crippen molar-refractivity contribution in [3.05, 3.63) is 34.1 Å². The molecule has 3 aromatic rings. The Kier molecular flexibility index (Phi) is 3.51. The number of aromatic nitrogens is 4. The Morgan fingerprint density at radius 1 is 1.36 bits per heavy atom. The van der Waals surface area contributed by atoms with E-state index in [0.29, 0.717) is 10.4 Å². The molecule has 3 aliphatic heterocycles. The minimum atomic E-state index is -0.114. The van der Waals surface area contributed by atoms with Crippen molar-refractivity contribution in [2.24, 2.45) is 5.92 Å². The van der Waals surface area contributed by atoms with Crippen molar-refractivity contribution in [3.8, 4) is 10.4 Å². The molecule has 3 fully saturated rings. The van der Waals surface area contributed by atoms with Crippen LogP contribution in [-0.4, -0.2) is 43.3 Å². The van der Waals surface area contributed by atoms with Gasteiger partial charge in [-0.05, 0) is 44.3 Å². The molecule has 0 saturated carbocycles. The van der Waals surface area contributed by atoms with Crippen molar-refractivity contribution in [2.75, 3.05) is 13.1 Å². The van der Waals surface area contributed by atoms with Crippen LogP contribution in [0.2, 0.25) is 0 Å². The number of H-pyrrole nitrogens is 2. The van der Waals surface area contributed by atoms with Gasteiger partial charge < -0.3 is 10.1 Å². The van der Waals surface area contributed by atoms with E-state index in [1.54, 1.807) is 6.20 Å². The predicted octanol–water partition coefficient (Wildman–Crippen LogP) is 2.02. The quantitative estimate of drug-likeness (QED) is 0.666. The summed E-state index contributed by atoms with van der Waals surface area (Å²) in [5, 5.41) is 16.2. The number of thiophene rings is 1. The lowest BCUT2D eigenvalue weighted by atomic mass is 9.83. The lowest BCUT2D eigenvalue weighted by Gasteiger charge is -2.44. The first-order valence-electron chi connectivity index (χ1n) is 8.64. The van der Waals surface area contributed by atoms with E-state index in [9.17, 15) is 9.90 Å². The van der Waals surface area contributed by atoms with E-state index in [-0.39, 0.29) is 18.2 Å². The lowest BCUT2D eigenvalue weighted by Crippen LogP contribution is -2.44. The number of aliphatic hydroxyl groups excluding tert-OH is 1. The van der Waals surface area contributed by atoms with Gasteiger partial charge in [-0.25, -0.2) is 4.98 Å². The van der Waals surface area contributed by atoms with E-state index in [4.69, 9.17) is 4.98 Å². The Bertz CT molecular complexity index is 982. The number of aromatic amines is 2. The van der Waals surface area contributed by atoms with Gasteiger partial charge in [0.05, 0.1) is 30.1 Å². The second-order valence-electron chi connectivity index (χ2n) is 6.93. The predicted molar refractivity (Wildman–Crippen MR) is 95.4 cm³/mol. The molecular weight excluding hydrogens is 338 g/mol. The summed E-state index contributed by atoms with van der Waals surface area (Å²) in [4.78, 5) is 23.8. The van der Waals surface area contributed by atoms with E-state index in [0.717, 1.165) is 47.2 Å². The number of nitrogens with one attached hydrogen (secondary N) is 2. The Balaban J connectivity index is 1.58. The van der Waals surface area contributed by atoms with Crippen molar-refractivity contribution < 1.29 is 5.11 Å². The number of fused-ring (bicyclic) bond motifs is 4. The summed E-state index contributed by atoms with van der Waals surface area (Å²) in [6.07, 6.45) is 5.28. The summed E-state index contributed by atoms with van der Waals surface area (Å²) in [7, 11) is 0. The third kappa shape index (κ3) is 2.44. The number of piperidine rings is 3. The molecule has 0 amide bonds. The first-order valence-corrected chi connectivity index (χ1v) is 9.46. The summed E-state index contributed by atoms with van der Waals surface area (Å²) >= 11 is 1.39. The maximum Gasteiger partial charge on any atom is 0.268 e. The SMILES string of the molecule is O=c1[nH]c([C@@H]2CC3CCN2CC3)nc2cc(-c3cn[nH]c3CO)sc12. The fourth-order valence-electron chi connectivity index (χ4n) is 4.14. The van der Waals surface area contributed by atoms with Crippen LogP contribution in [0.1, 0.15) is 36.8 Å². The fraction of sp³-hybridized carbons (Fsp3) is 0.471. The third-order valence-electron chi connectivity index (χ3n) is 5.51. The first kappa shape index (κ1) is 15.2. The minimum Gasteiger partial charge on any atom is -0.390 e. The molecule has 0 unspecified atom stereocenters. The van der Waals surface area contributed by atoms with Crippen molar-refractivity contribution in [2.45, 2.75) is 31.9 Å². The van der Waals surface area contributed by atoms with Crippen LogP contribution in [0.3, 0.4) is 0 Å². The Morgan fingerprint density at radius 2 is 2.20 bits per heavy atom. The van der Waals surface area contributed by atoms with Gasteiger partial charge in [0.15, 0.2) is 0 Å². The van der Waals surface area contributed by atoms with Crippen LogP contribution in [0.4, 0.5) is 0 Å². The molecule has 0 aliphatic carbocycles. The molecule has 3 aliphatic rings. The van der Waals surface area contributed by atoms with Crippen LogP contribution in [-0.2, 0) is 6.61 Å². The van der Waals surface area contributed by atoms with Gasteiger partial charge in [0.2, 0.25) is 0 Å². The number of rotatable bonds is 3. The molecule has 0 radical (unpaired) electrons. The molecule has 0 aromatic carbocycles. The average molecular weight is 357 g/mol. The second kappa shape index (κ2) is 5.76. The molecule has 3 N–H and O–H groups in total. The van der Waals surface area contributed by atoms with Gasteiger partial charge in [0.25, 0.3) is 5.56 Å². The van der Waals surface area contributed by atoms with Gasteiger partial charge in [-0.15, -0.1) is 11.3 Å². The molecule has 6 heterocycles. The highest BCUT2D eigenvalue weighted by Gasteiger charge is 2.35. The van der Waals surface area contributed by atoms with Crippen molar-refractivity contribution in [1.29, 1.82) is 0 Å². The highest BCUT2D eigenvalue weighted by Crippen LogP contribution is 2.40. The number of hydrogen-bond acceptors (Lipinski definition) is 6. The van der Waals surface area contributed by atoms with Crippen LogP contribution in [0.15, 0.2) is 17.1 Å². The highest BCUT2D eigenvalue weighted by molar-refractivity contribution is 7.22. The largest absolute Gasteiger partial charge is 0.390 e. The summed E-state index contributed by atoms with van der Waals surface area (Å²) in [6.45, 7) is 2.08. The van der Waals surface area contributed by atoms with E-state index >= 15 is 0 Å². The molecule has 1 atom stereocenters. The molecular formula is C17H19N5O2S. The molecule has 130 valence electrons. The molecule has 3 saturated heterocycles. The van der Waals surface area contributed by atoms with Gasteiger partial charge in [-0.1, -0.05) is 0 Å². The van der Waals surface area contributed by atoms with Crippen LogP contribution in [0.5, 0.6) is 0 Å². The monoisotopic (exact) mass is 357 g/mol. The van der Waals surface area contributed by atoms with Gasteiger partial charge in [-0.2, -0.15) is 5.10 Å². The first-order chi connectivity index (χ1) is 12.2. The van der Waals surface area contributed by atoms with E-state index in [1.165, 1.54) is 24.2 Å². The normalized spacial score (nSPS) is 25.7. The Morgan fingerprint density at radius 3 is 2.92 bits per heavy atom. The van der Waals surface area contributed by atoms with Crippen LogP contribution < -0.4 is 5.56 Å². The van der Waals surface area contributed by atoms with E-state index in [2.05, 4.69) is 20.1 Å². The van der Waals surface area contributed by atoms with Crippen molar-refractivity contribution in [3.63, 3.8) is 0 Å². The zero-order valence-electron chi connectivity index (χ0n) is 13.7. The maximum atomic E-state index is 12.6. The second-order valence-corrected chi connectivity index (χ2v) is 7.98. The van der Waals surface area contributed by atoms with Gasteiger partial charge in [-0.3, -0.25) is 14.8 Å². The topological polar surface area (TPSA) is 97.9 Å². The van der Waals surface area contributed by atoms with Crippen LogP contribution in [0.25, 0.3) is 20.7 Å². The fourth-order valence-corrected chi connectivity index (χ4v) is 5.17. The molecule has 0 spiro atoms. The Hall–Kier alpha value is -2.03. The summed E-state index contributed by atoms with van der Waals surface area (Å²) < 4.78 is 0.625. The zero-order valence-corrected chi connectivity index (χ0v) is 14.5. The molecule has 2 bridgehead atoms. The number of hydrogen-bond donors (Lipinski definition) is 3.